The van der Waals surface area contributed by atoms with E-state index in [0.29, 0.717) is 6.54 Å². The zero-order valence-electron chi connectivity index (χ0n) is 14.3. The Kier molecular flexibility index (Phi) is 4.68. The van der Waals surface area contributed by atoms with Crippen LogP contribution in [0.4, 0.5) is 21.7 Å². The van der Waals surface area contributed by atoms with E-state index in [1.807, 2.05) is 30.3 Å². The fraction of sp³-hybridized carbons (Fsp3) is 0.263. The molecule has 1 N–H and O–H groups in total. The molecule has 0 amide bonds. The molecule has 0 radical (unpaired) electrons. The van der Waals surface area contributed by atoms with Gasteiger partial charge in [0, 0.05) is 37.9 Å². The molecule has 1 fully saturated rings. The van der Waals surface area contributed by atoms with Gasteiger partial charge in [0.05, 0.1) is 12.8 Å². The Balaban J connectivity index is 1.36. The van der Waals surface area contributed by atoms with Crippen LogP contribution >= 0.6 is 0 Å². The lowest BCUT2D eigenvalue weighted by molar-refractivity contribution is 0.518. The first-order valence-corrected chi connectivity index (χ1v) is 8.62. The van der Waals surface area contributed by atoms with Crippen LogP contribution in [0.5, 0.6) is 0 Å². The second-order valence-corrected chi connectivity index (χ2v) is 6.14. The summed E-state index contributed by atoms with van der Waals surface area (Å²) in [6, 6.07) is 12.4. The second-order valence-electron chi connectivity index (χ2n) is 6.14. The number of halogens is 1. The van der Waals surface area contributed by atoms with Crippen LogP contribution in [0.15, 0.2) is 59.5 Å². The van der Waals surface area contributed by atoms with Gasteiger partial charge in [0.2, 0.25) is 0 Å². The molecule has 0 atom stereocenters. The van der Waals surface area contributed by atoms with Crippen molar-refractivity contribution in [2.75, 3.05) is 41.3 Å². The molecule has 7 heteroatoms. The predicted octanol–water partition coefficient (Wildman–Crippen LogP) is 3.15. The number of hydrogen-bond donors (Lipinski definition) is 1. The summed E-state index contributed by atoms with van der Waals surface area (Å²) in [5.74, 6) is 2.33. The molecule has 0 aliphatic carbocycles. The number of nitrogens with zero attached hydrogens (tertiary/aromatic N) is 4. The smallest absolute Gasteiger partial charge is 0.134 e. The topological polar surface area (TPSA) is 57.4 Å². The van der Waals surface area contributed by atoms with Gasteiger partial charge in [0.15, 0.2) is 0 Å². The Morgan fingerprint density at radius 2 is 1.77 bits per heavy atom. The molecule has 1 aliphatic heterocycles. The first kappa shape index (κ1) is 16.4. The number of hydrogen-bond acceptors (Lipinski definition) is 6. The van der Waals surface area contributed by atoms with E-state index in [1.165, 1.54) is 12.1 Å². The standard InChI is InChI=1S/C19H20FN5O/c20-15-3-5-16(6-4-15)24-7-9-25(10-8-24)19-12-18(22-14-23-19)21-13-17-2-1-11-26-17/h1-6,11-12,14H,7-10,13H2,(H,21,22,23). The Morgan fingerprint density at radius 3 is 2.50 bits per heavy atom. The van der Waals surface area contributed by atoms with Crippen LogP contribution in [0.25, 0.3) is 0 Å². The van der Waals surface area contributed by atoms with Crippen LogP contribution in [-0.2, 0) is 6.54 Å². The molecular formula is C19H20FN5O. The van der Waals surface area contributed by atoms with Gasteiger partial charge in [0.1, 0.15) is 29.5 Å². The number of benzene rings is 1. The van der Waals surface area contributed by atoms with E-state index in [0.717, 1.165) is 49.3 Å². The number of rotatable bonds is 5. The monoisotopic (exact) mass is 353 g/mol. The summed E-state index contributed by atoms with van der Waals surface area (Å²) >= 11 is 0. The van der Waals surface area contributed by atoms with Crippen LogP contribution in [-0.4, -0.2) is 36.1 Å². The van der Waals surface area contributed by atoms with Gasteiger partial charge >= 0.3 is 0 Å². The van der Waals surface area contributed by atoms with Crippen molar-refractivity contribution >= 4 is 17.3 Å². The Bertz CT molecular complexity index is 829. The average molecular weight is 353 g/mol. The third-order valence-corrected chi connectivity index (χ3v) is 4.47. The molecule has 6 nitrogen and oxygen atoms in total. The summed E-state index contributed by atoms with van der Waals surface area (Å²) in [5.41, 5.74) is 1.05. The maximum atomic E-state index is 13.1. The van der Waals surface area contributed by atoms with Crippen LogP contribution in [0.3, 0.4) is 0 Å². The molecule has 1 saturated heterocycles. The first-order chi connectivity index (χ1) is 12.8. The fourth-order valence-electron chi connectivity index (χ4n) is 3.05. The summed E-state index contributed by atoms with van der Waals surface area (Å²) in [7, 11) is 0. The molecule has 134 valence electrons. The highest BCUT2D eigenvalue weighted by Crippen LogP contribution is 2.21. The van der Waals surface area contributed by atoms with Crippen molar-refractivity contribution < 1.29 is 8.81 Å². The predicted molar refractivity (Wildman–Crippen MR) is 98.9 cm³/mol. The minimum absolute atomic E-state index is 0.206. The molecule has 0 saturated carbocycles. The van der Waals surface area contributed by atoms with Crippen LogP contribution in [0.2, 0.25) is 0 Å². The second kappa shape index (κ2) is 7.43. The van der Waals surface area contributed by atoms with E-state index in [1.54, 1.807) is 12.6 Å². The van der Waals surface area contributed by atoms with Crippen molar-refractivity contribution in [3.05, 3.63) is 66.6 Å². The SMILES string of the molecule is Fc1ccc(N2CCN(c3cc(NCc4ccco4)ncn3)CC2)cc1. The highest BCUT2D eigenvalue weighted by atomic mass is 19.1. The Hall–Kier alpha value is -3.09. The quantitative estimate of drug-likeness (QED) is 0.760. The summed E-state index contributed by atoms with van der Waals surface area (Å²) < 4.78 is 18.4. The highest BCUT2D eigenvalue weighted by Gasteiger charge is 2.18. The Labute approximate surface area is 151 Å². The summed E-state index contributed by atoms with van der Waals surface area (Å²) in [6.45, 7) is 4.02. The van der Waals surface area contributed by atoms with Gasteiger partial charge in [-0.1, -0.05) is 0 Å². The number of aromatic nitrogens is 2. The Morgan fingerprint density at radius 1 is 1.00 bits per heavy atom. The van der Waals surface area contributed by atoms with Crippen molar-refractivity contribution in [3.63, 3.8) is 0 Å². The lowest BCUT2D eigenvalue weighted by Crippen LogP contribution is -2.46. The number of furan rings is 1. The van der Waals surface area contributed by atoms with Crippen LogP contribution in [0, 0.1) is 5.82 Å². The first-order valence-electron chi connectivity index (χ1n) is 8.62. The van der Waals surface area contributed by atoms with Gasteiger partial charge in [-0.3, -0.25) is 0 Å². The minimum atomic E-state index is -0.206. The van der Waals surface area contributed by atoms with Gasteiger partial charge in [-0.2, -0.15) is 0 Å². The van der Waals surface area contributed by atoms with Gasteiger partial charge in [-0.05, 0) is 36.4 Å². The zero-order chi connectivity index (χ0) is 17.8. The van der Waals surface area contributed by atoms with E-state index in [4.69, 9.17) is 4.42 Å². The molecule has 0 unspecified atom stereocenters. The largest absolute Gasteiger partial charge is 0.467 e. The van der Waals surface area contributed by atoms with Crippen LogP contribution in [0.1, 0.15) is 5.76 Å². The average Bonchev–Trinajstić information content (AvgIpc) is 3.21. The molecule has 1 aromatic carbocycles. The lowest BCUT2D eigenvalue weighted by Gasteiger charge is -2.36. The summed E-state index contributed by atoms with van der Waals surface area (Å²) in [4.78, 5) is 13.2. The van der Waals surface area contributed by atoms with Gasteiger partial charge in [-0.15, -0.1) is 0 Å². The number of nitrogens with one attached hydrogen (secondary N) is 1. The summed E-state index contributed by atoms with van der Waals surface area (Å²) in [6.07, 6.45) is 3.23. The van der Waals surface area contributed by atoms with E-state index in [-0.39, 0.29) is 5.82 Å². The van der Waals surface area contributed by atoms with Crippen molar-refractivity contribution in [1.82, 2.24) is 9.97 Å². The molecule has 3 aromatic rings. The highest BCUT2D eigenvalue weighted by molar-refractivity contribution is 5.52. The molecule has 0 spiro atoms. The maximum absolute atomic E-state index is 13.1. The van der Waals surface area contributed by atoms with Crippen molar-refractivity contribution in [2.24, 2.45) is 0 Å². The van der Waals surface area contributed by atoms with Crippen molar-refractivity contribution in [3.8, 4) is 0 Å². The molecule has 4 rings (SSSR count). The zero-order valence-corrected chi connectivity index (χ0v) is 14.3. The molecular weight excluding hydrogens is 333 g/mol. The normalized spacial score (nSPS) is 14.5. The van der Waals surface area contributed by atoms with Crippen LogP contribution < -0.4 is 15.1 Å². The molecule has 0 bridgehead atoms. The third kappa shape index (κ3) is 3.77. The number of piperazine rings is 1. The minimum Gasteiger partial charge on any atom is -0.467 e. The molecule has 3 heterocycles. The fourth-order valence-corrected chi connectivity index (χ4v) is 3.05. The van der Waals surface area contributed by atoms with Crippen molar-refractivity contribution in [2.45, 2.75) is 6.54 Å². The van der Waals surface area contributed by atoms with Crippen molar-refractivity contribution in [1.29, 1.82) is 0 Å². The van der Waals surface area contributed by atoms with Gasteiger partial charge < -0.3 is 19.5 Å². The van der Waals surface area contributed by atoms with E-state index < -0.39 is 0 Å². The molecule has 2 aromatic heterocycles. The molecule has 1 aliphatic rings. The maximum Gasteiger partial charge on any atom is 0.134 e. The number of anilines is 3. The lowest BCUT2D eigenvalue weighted by atomic mass is 10.2. The third-order valence-electron chi connectivity index (χ3n) is 4.47. The molecule has 26 heavy (non-hydrogen) atoms. The van der Waals surface area contributed by atoms with E-state index in [9.17, 15) is 4.39 Å². The van der Waals surface area contributed by atoms with E-state index in [2.05, 4.69) is 25.1 Å². The summed E-state index contributed by atoms with van der Waals surface area (Å²) in [5, 5.41) is 3.25. The van der Waals surface area contributed by atoms with E-state index >= 15 is 0 Å². The van der Waals surface area contributed by atoms with Gasteiger partial charge in [0.25, 0.3) is 0 Å². The van der Waals surface area contributed by atoms with Gasteiger partial charge in [-0.25, -0.2) is 14.4 Å².